The van der Waals surface area contributed by atoms with E-state index in [1.807, 2.05) is 0 Å². The number of carbonyl (C=O) groups is 1. The van der Waals surface area contributed by atoms with Crippen LogP contribution in [0.15, 0.2) is 0 Å². The van der Waals surface area contributed by atoms with Crippen molar-refractivity contribution in [2.24, 2.45) is 0 Å². The standard InChI is InChI=1S/C11H19FN2O/c12-9-4-3-7-14(8-9)11(15)10-5-1-2-6-13-10/h9-10,13H,1-8H2/t9-,10-/m1/s1. The van der Waals surface area contributed by atoms with Gasteiger partial charge in [0, 0.05) is 6.54 Å². The highest BCUT2D eigenvalue weighted by Crippen LogP contribution is 2.16. The topological polar surface area (TPSA) is 32.3 Å². The smallest absolute Gasteiger partial charge is 0.239 e. The fourth-order valence-electron chi connectivity index (χ4n) is 2.41. The lowest BCUT2D eigenvalue weighted by atomic mass is 10.0. The number of amides is 1. The number of nitrogens with one attached hydrogen (secondary N) is 1. The monoisotopic (exact) mass is 214 g/mol. The fraction of sp³-hybridized carbons (Fsp3) is 0.909. The van der Waals surface area contributed by atoms with E-state index in [2.05, 4.69) is 5.32 Å². The Labute approximate surface area is 90.0 Å². The van der Waals surface area contributed by atoms with Gasteiger partial charge in [-0.3, -0.25) is 4.79 Å². The second kappa shape index (κ2) is 4.92. The molecule has 2 aliphatic heterocycles. The number of carbonyl (C=O) groups excluding carboxylic acids is 1. The summed E-state index contributed by atoms with van der Waals surface area (Å²) >= 11 is 0. The molecule has 0 bridgehead atoms. The number of hydrogen-bond donors (Lipinski definition) is 1. The fourth-order valence-corrected chi connectivity index (χ4v) is 2.41. The first kappa shape index (κ1) is 10.9. The normalized spacial score (nSPS) is 32.7. The molecule has 2 fully saturated rings. The lowest BCUT2D eigenvalue weighted by Crippen LogP contribution is -2.51. The van der Waals surface area contributed by atoms with Crippen LogP contribution in [-0.4, -0.2) is 42.7 Å². The summed E-state index contributed by atoms with van der Waals surface area (Å²) in [6.07, 6.45) is 3.77. The zero-order chi connectivity index (χ0) is 10.7. The van der Waals surface area contributed by atoms with Crippen molar-refractivity contribution in [3.05, 3.63) is 0 Å². The van der Waals surface area contributed by atoms with E-state index in [-0.39, 0.29) is 11.9 Å². The molecule has 2 atom stereocenters. The van der Waals surface area contributed by atoms with Crippen LogP contribution in [0, 0.1) is 0 Å². The zero-order valence-corrected chi connectivity index (χ0v) is 9.04. The van der Waals surface area contributed by atoms with Gasteiger partial charge in [-0.25, -0.2) is 4.39 Å². The van der Waals surface area contributed by atoms with Crippen molar-refractivity contribution in [2.75, 3.05) is 19.6 Å². The van der Waals surface area contributed by atoms with E-state index in [0.29, 0.717) is 13.0 Å². The maximum Gasteiger partial charge on any atom is 0.239 e. The third-order valence-electron chi connectivity index (χ3n) is 3.28. The molecule has 0 unspecified atom stereocenters. The van der Waals surface area contributed by atoms with Crippen LogP contribution >= 0.6 is 0 Å². The van der Waals surface area contributed by atoms with Crippen LogP contribution in [-0.2, 0) is 4.79 Å². The van der Waals surface area contributed by atoms with Gasteiger partial charge in [0.05, 0.1) is 12.6 Å². The highest BCUT2D eigenvalue weighted by Gasteiger charge is 2.29. The van der Waals surface area contributed by atoms with Crippen LogP contribution in [0.25, 0.3) is 0 Å². The predicted octanol–water partition coefficient (Wildman–Crippen LogP) is 1.09. The number of rotatable bonds is 1. The van der Waals surface area contributed by atoms with E-state index in [1.165, 1.54) is 0 Å². The van der Waals surface area contributed by atoms with Crippen molar-refractivity contribution >= 4 is 5.91 Å². The SMILES string of the molecule is O=C([C@H]1CCCCN1)N1CCC[C@@H](F)C1. The third kappa shape index (κ3) is 2.68. The van der Waals surface area contributed by atoms with E-state index >= 15 is 0 Å². The lowest BCUT2D eigenvalue weighted by Gasteiger charge is -2.33. The van der Waals surface area contributed by atoms with E-state index < -0.39 is 6.17 Å². The second-order valence-corrected chi connectivity index (χ2v) is 4.53. The van der Waals surface area contributed by atoms with Crippen molar-refractivity contribution in [3.63, 3.8) is 0 Å². The summed E-state index contributed by atoms with van der Waals surface area (Å²) in [5, 5.41) is 3.22. The highest BCUT2D eigenvalue weighted by molar-refractivity contribution is 5.82. The van der Waals surface area contributed by atoms with Gasteiger partial charge in [0.15, 0.2) is 0 Å². The lowest BCUT2D eigenvalue weighted by molar-refractivity contribution is -0.136. The summed E-state index contributed by atoms with van der Waals surface area (Å²) in [5.74, 6) is 0.108. The minimum absolute atomic E-state index is 0.0518. The van der Waals surface area contributed by atoms with Crippen molar-refractivity contribution in [1.29, 1.82) is 0 Å². The molecule has 0 aromatic heterocycles. The summed E-state index contributed by atoms with van der Waals surface area (Å²) in [6, 6.07) is -0.0518. The molecule has 0 aliphatic carbocycles. The molecule has 3 nitrogen and oxygen atoms in total. The molecule has 0 radical (unpaired) electrons. The van der Waals surface area contributed by atoms with Gasteiger partial charge in [-0.15, -0.1) is 0 Å². The van der Waals surface area contributed by atoms with Crippen molar-refractivity contribution in [2.45, 2.75) is 44.3 Å². The molecule has 0 spiro atoms. The van der Waals surface area contributed by atoms with E-state index in [1.54, 1.807) is 4.90 Å². The van der Waals surface area contributed by atoms with Crippen LogP contribution in [0.1, 0.15) is 32.1 Å². The summed E-state index contributed by atoms with van der Waals surface area (Å²) in [7, 11) is 0. The first-order valence-electron chi connectivity index (χ1n) is 5.93. The average molecular weight is 214 g/mol. The summed E-state index contributed by atoms with van der Waals surface area (Å²) in [5.41, 5.74) is 0. The second-order valence-electron chi connectivity index (χ2n) is 4.53. The Morgan fingerprint density at radius 1 is 1.27 bits per heavy atom. The van der Waals surface area contributed by atoms with Crippen LogP contribution in [0.5, 0.6) is 0 Å². The Bertz CT molecular complexity index is 229. The molecule has 0 saturated carbocycles. The number of piperidine rings is 2. The number of hydrogen-bond acceptors (Lipinski definition) is 2. The molecular formula is C11H19FN2O. The molecule has 86 valence electrons. The molecule has 0 aromatic carbocycles. The van der Waals surface area contributed by atoms with Crippen LogP contribution < -0.4 is 5.32 Å². The molecule has 2 heterocycles. The van der Waals surface area contributed by atoms with Crippen molar-refractivity contribution in [1.82, 2.24) is 10.2 Å². The summed E-state index contributed by atoms with van der Waals surface area (Å²) in [6.45, 7) is 1.96. The van der Waals surface area contributed by atoms with Gasteiger partial charge >= 0.3 is 0 Å². The van der Waals surface area contributed by atoms with E-state index in [4.69, 9.17) is 0 Å². The Hall–Kier alpha value is -0.640. The number of alkyl halides is 1. The van der Waals surface area contributed by atoms with Crippen LogP contribution in [0.3, 0.4) is 0 Å². The van der Waals surface area contributed by atoms with Gasteiger partial charge in [-0.1, -0.05) is 6.42 Å². The number of likely N-dealkylation sites (tertiary alicyclic amines) is 1. The molecule has 0 aromatic rings. The molecule has 2 saturated heterocycles. The van der Waals surface area contributed by atoms with Gasteiger partial charge in [0.25, 0.3) is 0 Å². The highest BCUT2D eigenvalue weighted by atomic mass is 19.1. The maximum atomic E-state index is 13.1. The van der Waals surface area contributed by atoms with Gasteiger partial charge in [-0.05, 0) is 32.2 Å². The maximum absolute atomic E-state index is 13.1. The Morgan fingerprint density at radius 2 is 2.13 bits per heavy atom. The van der Waals surface area contributed by atoms with Crippen LogP contribution in [0.4, 0.5) is 4.39 Å². The molecule has 1 amide bonds. The van der Waals surface area contributed by atoms with E-state index in [9.17, 15) is 9.18 Å². The molecule has 15 heavy (non-hydrogen) atoms. The Morgan fingerprint density at radius 3 is 2.80 bits per heavy atom. The van der Waals surface area contributed by atoms with Gasteiger partial charge < -0.3 is 10.2 Å². The third-order valence-corrected chi connectivity index (χ3v) is 3.28. The zero-order valence-electron chi connectivity index (χ0n) is 9.04. The van der Waals surface area contributed by atoms with Crippen molar-refractivity contribution in [3.8, 4) is 0 Å². The largest absolute Gasteiger partial charge is 0.338 e. The van der Waals surface area contributed by atoms with Gasteiger partial charge in [0.1, 0.15) is 6.17 Å². The Kier molecular flexibility index (Phi) is 3.57. The number of nitrogens with zero attached hydrogens (tertiary/aromatic N) is 1. The molecule has 2 aliphatic rings. The van der Waals surface area contributed by atoms with E-state index in [0.717, 1.165) is 38.8 Å². The van der Waals surface area contributed by atoms with Gasteiger partial charge in [0.2, 0.25) is 5.91 Å². The van der Waals surface area contributed by atoms with Gasteiger partial charge in [-0.2, -0.15) is 0 Å². The first-order chi connectivity index (χ1) is 7.27. The predicted molar refractivity (Wildman–Crippen MR) is 56.4 cm³/mol. The molecule has 4 heteroatoms. The number of halogens is 1. The summed E-state index contributed by atoms with van der Waals surface area (Å²) < 4.78 is 13.1. The molecule has 1 N–H and O–H groups in total. The molecule has 2 rings (SSSR count). The molecular weight excluding hydrogens is 195 g/mol. The minimum Gasteiger partial charge on any atom is -0.338 e. The quantitative estimate of drug-likeness (QED) is 0.708. The van der Waals surface area contributed by atoms with Crippen LogP contribution in [0.2, 0.25) is 0 Å². The van der Waals surface area contributed by atoms with Crippen molar-refractivity contribution < 1.29 is 9.18 Å². The first-order valence-corrected chi connectivity index (χ1v) is 5.93. The summed E-state index contributed by atoms with van der Waals surface area (Å²) in [4.78, 5) is 13.7. The Balaban J connectivity index is 1.88. The minimum atomic E-state index is -0.814. The average Bonchev–Trinajstić information content (AvgIpc) is 2.29.